The number of pyridine rings is 1. The van der Waals surface area contributed by atoms with Crippen molar-refractivity contribution in [2.24, 2.45) is 0 Å². The standard InChI is InChI=1S/C10H8BrNO/c1-2-5-8(11)10(13)9-6-3-4-7-12-9/h2-7H,1H2/b8-5+. The molecule has 0 bridgehead atoms. The van der Waals surface area contributed by atoms with Crippen LogP contribution in [-0.2, 0) is 0 Å². The van der Waals surface area contributed by atoms with Crippen molar-refractivity contribution in [1.82, 2.24) is 4.98 Å². The Kier molecular flexibility index (Phi) is 3.58. The molecule has 2 nitrogen and oxygen atoms in total. The third-order valence-electron chi connectivity index (χ3n) is 1.38. The number of allylic oxidation sites excluding steroid dienone is 3. The minimum atomic E-state index is -0.138. The topological polar surface area (TPSA) is 30.0 Å². The van der Waals surface area contributed by atoms with E-state index in [-0.39, 0.29) is 5.78 Å². The Balaban J connectivity index is 2.92. The number of aromatic nitrogens is 1. The van der Waals surface area contributed by atoms with Gasteiger partial charge in [0.05, 0.1) is 4.48 Å². The summed E-state index contributed by atoms with van der Waals surface area (Å²) < 4.78 is 0.459. The largest absolute Gasteiger partial charge is 0.286 e. The van der Waals surface area contributed by atoms with E-state index in [0.717, 1.165) is 0 Å². The molecule has 0 aliphatic carbocycles. The van der Waals surface area contributed by atoms with Gasteiger partial charge >= 0.3 is 0 Å². The van der Waals surface area contributed by atoms with Crippen molar-refractivity contribution in [3.63, 3.8) is 0 Å². The van der Waals surface area contributed by atoms with Crippen LogP contribution in [0.3, 0.4) is 0 Å². The summed E-state index contributed by atoms with van der Waals surface area (Å²) in [5.41, 5.74) is 0.424. The molecule has 0 saturated carbocycles. The van der Waals surface area contributed by atoms with Crippen molar-refractivity contribution in [3.8, 4) is 0 Å². The van der Waals surface area contributed by atoms with Crippen molar-refractivity contribution in [3.05, 3.63) is 53.3 Å². The molecule has 0 aliphatic rings. The lowest BCUT2D eigenvalue weighted by molar-refractivity contribution is 0.103. The zero-order valence-electron chi connectivity index (χ0n) is 6.90. The molecule has 66 valence electrons. The summed E-state index contributed by atoms with van der Waals surface area (Å²) in [5, 5.41) is 0. The molecule has 0 aromatic carbocycles. The summed E-state index contributed by atoms with van der Waals surface area (Å²) in [6.07, 6.45) is 4.73. The fourth-order valence-electron chi connectivity index (χ4n) is 0.799. The maximum Gasteiger partial charge on any atom is 0.218 e. The van der Waals surface area contributed by atoms with Crippen LogP contribution in [0.4, 0.5) is 0 Å². The SMILES string of the molecule is C=C/C=C(/Br)C(=O)c1ccccn1. The van der Waals surface area contributed by atoms with Gasteiger partial charge in [-0.25, -0.2) is 0 Å². The average molecular weight is 238 g/mol. The van der Waals surface area contributed by atoms with E-state index < -0.39 is 0 Å². The van der Waals surface area contributed by atoms with Crippen LogP contribution in [0.1, 0.15) is 10.5 Å². The Hall–Kier alpha value is -1.22. The highest BCUT2D eigenvalue weighted by Crippen LogP contribution is 2.11. The molecular weight excluding hydrogens is 230 g/mol. The number of halogens is 1. The zero-order chi connectivity index (χ0) is 9.68. The van der Waals surface area contributed by atoms with E-state index in [1.807, 2.05) is 0 Å². The highest BCUT2D eigenvalue weighted by molar-refractivity contribution is 9.12. The van der Waals surface area contributed by atoms with E-state index in [2.05, 4.69) is 27.5 Å². The predicted octanol–water partition coefficient (Wildman–Crippen LogP) is 2.73. The van der Waals surface area contributed by atoms with Gasteiger partial charge in [0.25, 0.3) is 0 Å². The lowest BCUT2D eigenvalue weighted by Gasteiger charge is -1.96. The van der Waals surface area contributed by atoms with Crippen molar-refractivity contribution >= 4 is 21.7 Å². The van der Waals surface area contributed by atoms with Crippen LogP contribution in [0.5, 0.6) is 0 Å². The van der Waals surface area contributed by atoms with E-state index in [0.29, 0.717) is 10.2 Å². The molecule has 1 rings (SSSR count). The maximum atomic E-state index is 11.5. The second-order valence-electron chi connectivity index (χ2n) is 2.29. The van der Waals surface area contributed by atoms with E-state index in [9.17, 15) is 4.79 Å². The van der Waals surface area contributed by atoms with Crippen molar-refractivity contribution in [2.75, 3.05) is 0 Å². The Morgan fingerprint density at radius 2 is 2.31 bits per heavy atom. The summed E-state index contributed by atoms with van der Waals surface area (Å²) in [4.78, 5) is 15.4. The number of Topliss-reactive ketones (excluding diaryl/α,β-unsaturated/α-hetero) is 1. The number of rotatable bonds is 3. The van der Waals surface area contributed by atoms with E-state index in [4.69, 9.17) is 0 Å². The molecule has 0 saturated heterocycles. The van der Waals surface area contributed by atoms with Gasteiger partial charge in [-0.1, -0.05) is 18.7 Å². The highest BCUT2D eigenvalue weighted by Gasteiger charge is 2.08. The third-order valence-corrected chi connectivity index (χ3v) is 2.00. The van der Waals surface area contributed by atoms with Crippen LogP contribution in [0.25, 0.3) is 0 Å². The Labute approximate surface area is 85.1 Å². The first-order chi connectivity index (χ1) is 6.25. The summed E-state index contributed by atoms with van der Waals surface area (Å²) in [7, 11) is 0. The normalized spacial score (nSPS) is 11.0. The number of ketones is 1. The van der Waals surface area contributed by atoms with Gasteiger partial charge in [-0.05, 0) is 34.1 Å². The molecule has 0 N–H and O–H groups in total. The Morgan fingerprint density at radius 3 is 2.85 bits per heavy atom. The van der Waals surface area contributed by atoms with Gasteiger partial charge < -0.3 is 0 Å². The van der Waals surface area contributed by atoms with Crippen molar-refractivity contribution in [2.45, 2.75) is 0 Å². The van der Waals surface area contributed by atoms with Crippen LogP contribution in [0.2, 0.25) is 0 Å². The van der Waals surface area contributed by atoms with Gasteiger partial charge in [0, 0.05) is 6.20 Å². The molecular formula is C10H8BrNO. The quantitative estimate of drug-likeness (QED) is 0.460. The van der Waals surface area contributed by atoms with E-state index in [1.54, 1.807) is 36.5 Å². The average Bonchev–Trinajstić information content (AvgIpc) is 2.18. The van der Waals surface area contributed by atoms with Crippen LogP contribution in [-0.4, -0.2) is 10.8 Å². The Bertz CT molecular complexity index is 343. The van der Waals surface area contributed by atoms with Gasteiger partial charge in [-0.3, -0.25) is 9.78 Å². The summed E-state index contributed by atoms with van der Waals surface area (Å²) >= 11 is 3.14. The van der Waals surface area contributed by atoms with Crippen LogP contribution >= 0.6 is 15.9 Å². The molecule has 0 fully saturated rings. The first kappa shape index (κ1) is 9.86. The third kappa shape index (κ3) is 2.63. The van der Waals surface area contributed by atoms with Gasteiger partial charge in [0.2, 0.25) is 5.78 Å². The second kappa shape index (κ2) is 4.72. The van der Waals surface area contributed by atoms with Gasteiger partial charge in [0.15, 0.2) is 0 Å². The fourth-order valence-corrected chi connectivity index (χ4v) is 1.19. The van der Waals surface area contributed by atoms with Crippen LogP contribution < -0.4 is 0 Å². The molecule has 0 radical (unpaired) electrons. The molecule has 13 heavy (non-hydrogen) atoms. The molecule has 0 atom stereocenters. The molecule has 0 unspecified atom stereocenters. The highest BCUT2D eigenvalue weighted by atomic mass is 79.9. The smallest absolute Gasteiger partial charge is 0.218 e. The molecule has 1 heterocycles. The number of nitrogens with zero attached hydrogens (tertiary/aromatic N) is 1. The van der Waals surface area contributed by atoms with E-state index >= 15 is 0 Å². The second-order valence-corrected chi connectivity index (χ2v) is 3.15. The first-order valence-corrected chi connectivity index (χ1v) is 4.49. The molecule has 0 amide bonds. The number of carbonyl (C=O) groups is 1. The maximum absolute atomic E-state index is 11.5. The number of hydrogen-bond acceptors (Lipinski definition) is 2. The lowest BCUT2D eigenvalue weighted by Crippen LogP contribution is -2.00. The van der Waals surface area contributed by atoms with Gasteiger partial charge in [0.1, 0.15) is 5.69 Å². The fraction of sp³-hybridized carbons (Fsp3) is 0. The summed E-state index contributed by atoms with van der Waals surface area (Å²) in [5.74, 6) is -0.138. The monoisotopic (exact) mass is 237 g/mol. The molecule has 0 aliphatic heterocycles. The number of hydrogen-bond donors (Lipinski definition) is 0. The van der Waals surface area contributed by atoms with Crippen molar-refractivity contribution in [1.29, 1.82) is 0 Å². The van der Waals surface area contributed by atoms with Crippen LogP contribution in [0, 0.1) is 0 Å². The lowest BCUT2D eigenvalue weighted by atomic mass is 10.2. The first-order valence-electron chi connectivity index (χ1n) is 3.69. The summed E-state index contributed by atoms with van der Waals surface area (Å²) in [6.45, 7) is 3.50. The van der Waals surface area contributed by atoms with E-state index in [1.165, 1.54) is 0 Å². The van der Waals surface area contributed by atoms with Gasteiger partial charge in [-0.15, -0.1) is 0 Å². The Morgan fingerprint density at radius 1 is 1.54 bits per heavy atom. The number of carbonyl (C=O) groups excluding carboxylic acids is 1. The van der Waals surface area contributed by atoms with Gasteiger partial charge in [-0.2, -0.15) is 0 Å². The van der Waals surface area contributed by atoms with Crippen LogP contribution in [0.15, 0.2) is 47.6 Å². The molecule has 3 heteroatoms. The molecule has 1 aromatic rings. The predicted molar refractivity (Wildman–Crippen MR) is 55.8 cm³/mol. The minimum absolute atomic E-state index is 0.138. The molecule has 0 spiro atoms. The molecule has 1 aromatic heterocycles. The minimum Gasteiger partial charge on any atom is -0.286 e. The van der Waals surface area contributed by atoms with Crippen molar-refractivity contribution < 1.29 is 4.79 Å². The summed E-state index contributed by atoms with van der Waals surface area (Å²) in [6, 6.07) is 5.21. The zero-order valence-corrected chi connectivity index (χ0v) is 8.49.